The first-order chi connectivity index (χ1) is 8.47. The molecule has 4 nitrogen and oxygen atoms in total. The van der Waals surface area contributed by atoms with Crippen molar-refractivity contribution in [2.45, 2.75) is 19.4 Å². The molecule has 4 heteroatoms. The Kier molecular flexibility index (Phi) is 5.16. The molecule has 0 heterocycles. The number of nitrogens with one attached hydrogen (secondary N) is 2. The predicted molar refractivity (Wildman–Crippen MR) is 75.9 cm³/mol. The number of amides is 1. The lowest BCUT2D eigenvalue weighted by Crippen LogP contribution is -2.52. The first-order valence-electron chi connectivity index (χ1n) is 6.21. The molecule has 18 heavy (non-hydrogen) atoms. The normalized spacial score (nSPS) is 11.1. The fourth-order valence-corrected chi connectivity index (χ4v) is 1.48. The van der Waals surface area contributed by atoms with E-state index in [1.165, 1.54) is 0 Å². The monoisotopic (exact) mass is 249 g/mol. The molecule has 0 aliphatic heterocycles. The number of likely N-dealkylation sites (N-methyl/N-ethyl adjacent to an activating group) is 2. The molecule has 0 saturated carbocycles. The molecule has 0 fully saturated rings. The topological polar surface area (TPSA) is 44.4 Å². The molecule has 1 rings (SSSR count). The lowest BCUT2D eigenvalue weighted by Gasteiger charge is -2.24. The molecule has 0 spiro atoms. The van der Waals surface area contributed by atoms with E-state index >= 15 is 0 Å². The van der Waals surface area contributed by atoms with Gasteiger partial charge in [-0.3, -0.25) is 4.79 Å². The zero-order valence-corrected chi connectivity index (χ0v) is 11.7. The van der Waals surface area contributed by atoms with E-state index in [2.05, 4.69) is 27.7 Å². The van der Waals surface area contributed by atoms with Gasteiger partial charge in [-0.2, -0.15) is 0 Å². The lowest BCUT2D eigenvalue weighted by molar-refractivity contribution is -0.126. The molecule has 0 aliphatic rings. The number of carbonyl (C=O) groups is 1. The Balaban J connectivity index is 2.37. The van der Waals surface area contributed by atoms with Crippen LogP contribution in [0.25, 0.3) is 0 Å². The van der Waals surface area contributed by atoms with Crippen molar-refractivity contribution >= 4 is 11.6 Å². The molecule has 0 atom stereocenters. The highest BCUT2D eigenvalue weighted by molar-refractivity contribution is 5.85. The maximum absolute atomic E-state index is 11.8. The number of rotatable bonds is 6. The van der Waals surface area contributed by atoms with Crippen molar-refractivity contribution in [2.75, 3.05) is 32.1 Å². The maximum Gasteiger partial charge on any atom is 0.239 e. The van der Waals surface area contributed by atoms with Crippen molar-refractivity contribution in [3.8, 4) is 0 Å². The average Bonchev–Trinajstić information content (AvgIpc) is 2.39. The number of para-hydroxylation sites is 1. The SMILES string of the molecule is CNC(C)(C)C(=O)NCCN(C)c1ccccc1. The minimum absolute atomic E-state index is 0.0199. The summed E-state index contributed by atoms with van der Waals surface area (Å²) >= 11 is 0. The zero-order chi connectivity index (χ0) is 13.6. The van der Waals surface area contributed by atoms with Gasteiger partial charge in [0.25, 0.3) is 0 Å². The Morgan fingerprint density at radius 3 is 2.44 bits per heavy atom. The Morgan fingerprint density at radius 2 is 1.89 bits per heavy atom. The largest absolute Gasteiger partial charge is 0.373 e. The van der Waals surface area contributed by atoms with Gasteiger partial charge in [0.2, 0.25) is 5.91 Å². The molecule has 0 radical (unpaired) electrons. The Labute approximate surface area is 109 Å². The van der Waals surface area contributed by atoms with Gasteiger partial charge in [-0.15, -0.1) is 0 Å². The number of hydrogen-bond acceptors (Lipinski definition) is 3. The van der Waals surface area contributed by atoms with Gasteiger partial charge >= 0.3 is 0 Å². The molecule has 0 aromatic heterocycles. The van der Waals surface area contributed by atoms with Crippen LogP contribution in [0.2, 0.25) is 0 Å². The highest BCUT2D eigenvalue weighted by Gasteiger charge is 2.24. The molecule has 1 amide bonds. The van der Waals surface area contributed by atoms with Crippen LogP contribution in [0.4, 0.5) is 5.69 Å². The highest BCUT2D eigenvalue weighted by atomic mass is 16.2. The van der Waals surface area contributed by atoms with E-state index < -0.39 is 5.54 Å². The smallest absolute Gasteiger partial charge is 0.239 e. The Bertz CT molecular complexity index is 376. The second kappa shape index (κ2) is 6.40. The maximum atomic E-state index is 11.8. The highest BCUT2D eigenvalue weighted by Crippen LogP contribution is 2.09. The third-order valence-electron chi connectivity index (χ3n) is 3.12. The molecule has 1 aromatic carbocycles. The number of carbonyl (C=O) groups excluding carboxylic acids is 1. The summed E-state index contributed by atoms with van der Waals surface area (Å²) in [5.74, 6) is 0.0199. The van der Waals surface area contributed by atoms with Crippen molar-refractivity contribution in [3.63, 3.8) is 0 Å². The number of nitrogens with zero attached hydrogens (tertiary/aromatic N) is 1. The second-order valence-electron chi connectivity index (χ2n) is 4.89. The van der Waals surface area contributed by atoms with Crippen LogP contribution in [0.15, 0.2) is 30.3 Å². The lowest BCUT2D eigenvalue weighted by atomic mass is 10.1. The molecule has 0 aliphatic carbocycles. The predicted octanol–water partition coefficient (Wildman–Crippen LogP) is 1.24. The van der Waals surface area contributed by atoms with Gasteiger partial charge in [0, 0.05) is 25.8 Å². The number of anilines is 1. The summed E-state index contributed by atoms with van der Waals surface area (Å²) in [7, 11) is 3.81. The standard InChI is InChI=1S/C14H23N3O/c1-14(2,15-3)13(18)16-10-11-17(4)12-8-6-5-7-9-12/h5-9,15H,10-11H2,1-4H3,(H,16,18). The van der Waals surface area contributed by atoms with Gasteiger partial charge in [-0.1, -0.05) is 18.2 Å². The van der Waals surface area contributed by atoms with Crippen LogP contribution in [0.1, 0.15) is 13.8 Å². The zero-order valence-electron chi connectivity index (χ0n) is 11.7. The van der Waals surface area contributed by atoms with Crippen LogP contribution in [-0.4, -0.2) is 38.6 Å². The van der Waals surface area contributed by atoms with E-state index in [0.29, 0.717) is 6.54 Å². The van der Waals surface area contributed by atoms with E-state index in [1.54, 1.807) is 7.05 Å². The van der Waals surface area contributed by atoms with E-state index in [0.717, 1.165) is 12.2 Å². The van der Waals surface area contributed by atoms with E-state index in [9.17, 15) is 4.79 Å². The number of hydrogen-bond donors (Lipinski definition) is 2. The molecular weight excluding hydrogens is 226 g/mol. The van der Waals surface area contributed by atoms with Crippen molar-refractivity contribution in [1.29, 1.82) is 0 Å². The summed E-state index contributed by atoms with van der Waals surface area (Å²) < 4.78 is 0. The molecular formula is C14H23N3O. The minimum atomic E-state index is -0.523. The van der Waals surface area contributed by atoms with E-state index in [-0.39, 0.29) is 5.91 Å². The molecule has 0 saturated heterocycles. The summed E-state index contributed by atoms with van der Waals surface area (Å²) in [6, 6.07) is 10.1. The van der Waals surface area contributed by atoms with Gasteiger partial charge in [-0.25, -0.2) is 0 Å². The first-order valence-corrected chi connectivity index (χ1v) is 6.21. The van der Waals surface area contributed by atoms with Gasteiger partial charge in [-0.05, 0) is 33.0 Å². The van der Waals surface area contributed by atoms with E-state index in [4.69, 9.17) is 0 Å². The molecule has 0 bridgehead atoms. The summed E-state index contributed by atoms with van der Waals surface area (Å²) in [5.41, 5.74) is 0.630. The van der Waals surface area contributed by atoms with Gasteiger partial charge < -0.3 is 15.5 Å². The van der Waals surface area contributed by atoms with Crippen molar-refractivity contribution in [3.05, 3.63) is 30.3 Å². The molecule has 0 unspecified atom stereocenters. The second-order valence-corrected chi connectivity index (χ2v) is 4.89. The molecule has 1 aromatic rings. The van der Waals surface area contributed by atoms with Gasteiger partial charge in [0.05, 0.1) is 5.54 Å². The van der Waals surface area contributed by atoms with Crippen LogP contribution in [-0.2, 0) is 4.79 Å². The minimum Gasteiger partial charge on any atom is -0.373 e. The van der Waals surface area contributed by atoms with Crippen molar-refractivity contribution < 1.29 is 4.79 Å². The summed E-state index contributed by atoms with van der Waals surface area (Å²) in [6.07, 6.45) is 0. The fourth-order valence-electron chi connectivity index (χ4n) is 1.48. The Morgan fingerprint density at radius 1 is 1.28 bits per heavy atom. The average molecular weight is 249 g/mol. The van der Waals surface area contributed by atoms with Gasteiger partial charge in [0.15, 0.2) is 0 Å². The van der Waals surface area contributed by atoms with Crippen LogP contribution < -0.4 is 15.5 Å². The number of benzene rings is 1. The van der Waals surface area contributed by atoms with Crippen LogP contribution in [0.5, 0.6) is 0 Å². The summed E-state index contributed by atoms with van der Waals surface area (Å²) in [6.45, 7) is 5.15. The third kappa shape index (κ3) is 4.04. The quantitative estimate of drug-likeness (QED) is 0.797. The van der Waals surface area contributed by atoms with Crippen LogP contribution >= 0.6 is 0 Å². The van der Waals surface area contributed by atoms with Gasteiger partial charge in [0.1, 0.15) is 0 Å². The van der Waals surface area contributed by atoms with Crippen LogP contribution in [0.3, 0.4) is 0 Å². The van der Waals surface area contributed by atoms with Crippen molar-refractivity contribution in [1.82, 2.24) is 10.6 Å². The summed E-state index contributed by atoms with van der Waals surface area (Å²) in [4.78, 5) is 13.9. The first kappa shape index (κ1) is 14.5. The fraction of sp³-hybridized carbons (Fsp3) is 0.500. The van der Waals surface area contributed by atoms with Crippen LogP contribution in [0, 0.1) is 0 Å². The molecule has 2 N–H and O–H groups in total. The van der Waals surface area contributed by atoms with E-state index in [1.807, 2.05) is 39.1 Å². The summed E-state index contributed by atoms with van der Waals surface area (Å²) in [5, 5.41) is 5.92. The third-order valence-corrected chi connectivity index (χ3v) is 3.12. The molecule has 100 valence electrons. The Hall–Kier alpha value is -1.55. The van der Waals surface area contributed by atoms with Crippen molar-refractivity contribution in [2.24, 2.45) is 0 Å².